The molecular weight excluding hydrogens is 890 g/mol. The second kappa shape index (κ2) is 16.5. The molecule has 25 nitrogen and oxygen atoms in total. The molecule has 16 atom stereocenters. The van der Waals surface area contributed by atoms with Crippen LogP contribution in [0, 0.1) is 17.3 Å². The fourth-order valence-electron chi connectivity index (χ4n) is 10.7. The lowest BCUT2D eigenvalue weighted by Gasteiger charge is -2.52. The van der Waals surface area contributed by atoms with Gasteiger partial charge in [-0.05, 0) is 79.5 Å². The third kappa shape index (κ3) is 7.82. The first-order valence-corrected chi connectivity index (χ1v) is 23.6. The summed E-state index contributed by atoms with van der Waals surface area (Å²) in [5.41, 5.74) is 5.69. The van der Waals surface area contributed by atoms with Gasteiger partial charge in [-0.2, -0.15) is 9.29 Å². The van der Waals surface area contributed by atoms with E-state index in [2.05, 4.69) is 48.6 Å². The highest BCUT2D eigenvalue weighted by atomic mass is 31.3. The number of phosphoric ester groups is 2. The first-order valence-electron chi connectivity index (χ1n) is 20.7. The van der Waals surface area contributed by atoms with Gasteiger partial charge in [0.2, 0.25) is 5.95 Å². The molecule has 9 rings (SSSR count). The zero-order valence-corrected chi connectivity index (χ0v) is 36.2. The maximum atomic E-state index is 13.0. The molecule has 64 heavy (non-hydrogen) atoms. The molecule has 3 aliphatic carbocycles. The number of aromatic amines is 1. The molecule has 4 fully saturated rings. The number of rotatable bonds is 12. The number of benzene rings is 1. The zero-order chi connectivity index (χ0) is 45.7. The van der Waals surface area contributed by atoms with Crippen LogP contribution in [0.15, 0.2) is 35.5 Å². The van der Waals surface area contributed by atoms with Gasteiger partial charge in [-0.3, -0.25) is 23.4 Å². The van der Waals surface area contributed by atoms with Crippen LogP contribution >= 0.6 is 15.6 Å². The topological polar surface area (TPSA) is 372 Å². The number of fused-ring (bicyclic) bond motifs is 6. The summed E-state index contributed by atoms with van der Waals surface area (Å²) in [6.07, 6.45) is -8.94. The highest BCUT2D eigenvalue weighted by molar-refractivity contribution is 7.61. The van der Waals surface area contributed by atoms with Gasteiger partial charge in [0.15, 0.2) is 23.7 Å². The third-order valence-electron chi connectivity index (χ3n) is 14.0. The number of anilines is 1. The maximum Gasteiger partial charge on any atom is 0.483 e. The number of aryl methyl sites for hydroxylation is 1. The maximum absolute atomic E-state index is 13.0. The lowest BCUT2D eigenvalue weighted by Crippen LogP contribution is -2.59. The number of nitrogens with zero attached hydrogens (tertiary/aromatic N) is 6. The van der Waals surface area contributed by atoms with Crippen molar-refractivity contribution in [2.75, 3.05) is 19.5 Å². The van der Waals surface area contributed by atoms with Crippen molar-refractivity contribution in [2.45, 2.75) is 119 Å². The normalized spacial score (nSPS) is 38.0. The van der Waals surface area contributed by atoms with E-state index in [9.17, 15) is 54.4 Å². The zero-order valence-electron chi connectivity index (χ0n) is 34.4. The first kappa shape index (κ1) is 45.4. The molecule has 2 saturated carbocycles. The van der Waals surface area contributed by atoms with E-state index in [0.717, 1.165) is 48.7 Å². The highest BCUT2D eigenvalue weighted by Gasteiger charge is 2.63. The van der Waals surface area contributed by atoms with Crippen LogP contribution in [0.25, 0.3) is 11.2 Å². The quantitative estimate of drug-likeness (QED) is 0.0795. The van der Waals surface area contributed by atoms with Crippen LogP contribution in [0.1, 0.15) is 68.0 Å². The van der Waals surface area contributed by atoms with E-state index in [0.29, 0.717) is 24.0 Å². The number of aromatic nitrogens is 7. The minimum absolute atomic E-state index is 0.118. The molecule has 2 unspecified atom stereocenters. The van der Waals surface area contributed by atoms with Gasteiger partial charge < -0.3 is 60.4 Å². The summed E-state index contributed by atoms with van der Waals surface area (Å²) in [5.74, 6) is 1.47. The van der Waals surface area contributed by atoms with Crippen LogP contribution in [0.4, 0.5) is 5.95 Å². The smallest absolute Gasteiger partial charge is 0.483 e. The molecule has 5 heterocycles. The Bertz CT molecular complexity index is 2560. The van der Waals surface area contributed by atoms with Crippen molar-refractivity contribution >= 4 is 32.8 Å². The molecule has 2 saturated heterocycles. The average molecular weight is 941 g/mol. The number of nitrogens with one attached hydrogen (secondary N) is 1. The lowest BCUT2D eigenvalue weighted by molar-refractivity contribution is -0.278. The Labute approximate surface area is 362 Å². The van der Waals surface area contributed by atoms with Crippen molar-refractivity contribution in [2.24, 2.45) is 17.3 Å². The second-order valence-electron chi connectivity index (χ2n) is 17.4. The van der Waals surface area contributed by atoms with Crippen LogP contribution in [0.5, 0.6) is 5.75 Å². The summed E-state index contributed by atoms with van der Waals surface area (Å²) >= 11 is 0. The van der Waals surface area contributed by atoms with Crippen LogP contribution in [0.3, 0.4) is 0 Å². The first-order chi connectivity index (χ1) is 30.2. The summed E-state index contributed by atoms with van der Waals surface area (Å²) < 4.78 is 58.9. The lowest BCUT2D eigenvalue weighted by atomic mass is 9.53. The molecule has 350 valence electrons. The number of H-pyrrole nitrogens is 1. The highest BCUT2D eigenvalue weighted by Crippen LogP contribution is 2.67. The monoisotopic (exact) mass is 940 g/mol. The number of nitrogens with two attached hydrogens (primary N) is 1. The van der Waals surface area contributed by atoms with E-state index < -0.39 is 94.1 Å². The molecule has 0 spiro atoms. The molecule has 27 heteroatoms. The molecule has 0 bridgehead atoms. The number of phosphoric acid groups is 2. The van der Waals surface area contributed by atoms with E-state index in [-0.39, 0.29) is 29.6 Å². The van der Waals surface area contributed by atoms with Gasteiger partial charge in [0, 0.05) is 5.41 Å². The Hall–Kier alpha value is -3.75. The van der Waals surface area contributed by atoms with E-state index in [1.54, 1.807) is 7.11 Å². The van der Waals surface area contributed by atoms with Gasteiger partial charge in [-0.1, -0.05) is 18.2 Å². The van der Waals surface area contributed by atoms with Crippen molar-refractivity contribution in [3.05, 3.63) is 57.9 Å². The molecule has 2 aliphatic heterocycles. The Morgan fingerprint density at radius 3 is 2.52 bits per heavy atom. The van der Waals surface area contributed by atoms with Gasteiger partial charge >= 0.3 is 15.6 Å². The van der Waals surface area contributed by atoms with Crippen molar-refractivity contribution in [1.82, 2.24) is 34.5 Å². The number of methoxy groups -OCH3 is 1. The van der Waals surface area contributed by atoms with Gasteiger partial charge in [0.25, 0.3) is 5.56 Å². The molecular formula is C37H50N8O17P2. The van der Waals surface area contributed by atoms with E-state index in [1.165, 1.54) is 22.0 Å². The van der Waals surface area contributed by atoms with Crippen LogP contribution < -0.4 is 16.0 Å². The fraction of sp³-hybridized carbons (Fsp3) is 0.649. The van der Waals surface area contributed by atoms with E-state index >= 15 is 0 Å². The minimum Gasteiger partial charge on any atom is -0.497 e. The summed E-state index contributed by atoms with van der Waals surface area (Å²) in [6, 6.07) is 6.28. The standard InChI is InChI=1S/C37H50N8O17P2/c1-36-9-7-19-18-6-4-17(57-2)11-16(18)3-5-20(19)21(36)8-10-37(36,52)24-13-44(43-42-24)12-22-26(46)28(48)30(50)34(60-22)61-64(55,56)62-63(53,54)58-14-23-27(47)29(49)33(59-23)45-15-39-25-31(45)40-35(38)41-32(25)51/h4,6,11,13,15,19-23,26-30,33-34,46-50,52H,3,5,7-10,12,14H2,1-2H3,(H,53,54)(H,55,56)(H3,38,40,41,51)/t19-,20-,21+,22+,23-,26-,27-,28-,29-,30+,33-,34-,36+,37-/m1/s1. The van der Waals surface area contributed by atoms with Crippen LogP contribution in [-0.4, -0.2) is 138 Å². The summed E-state index contributed by atoms with van der Waals surface area (Å²) in [6.45, 7) is 0.725. The molecule has 0 radical (unpaired) electrons. The number of aliphatic hydroxyl groups excluding tert-OH is 5. The van der Waals surface area contributed by atoms with Gasteiger partial charge in [0.05, 0.1) is 32.8 Å². The predicted molar refractivity (Wildman–Crippen MR) is 214 cm³/mol. The van der Waals surface area contributed by atoms with Gasteiger partial charge in [-0.15, -0.1) is 5.10 Å². The average Bonchev–Trinajstić information content (AvgIpc) is 4.02. The van der Waals surface area contributed by atoms with E-state index in [1.807, 2.05) is 6.07 Å². The number of imidazole rings is 1. The second-order valence-corrected chi connectivity index (χ2v) is 20.4. The van der Waals surface area contributed by atoms with Crippen molar-refractivity contribution in [3.63, 3.8) is 0 Å². The largest absolute Gasteiger partial charge is 0.497 e. The van der Waals surface area contributed by atoms with Crippen molar-refractivity contribution < 1.29 is 77.1 Å². The number of hydrogen-bond donors (Lipinski definition) is 10. The Balaban J connectivity index is 0.825. The Morgan fingerprint density at radius 1 is 0.984 bits per heavy atom. The summed E-state index contributed by atoms with van der Waals surface area (Å²) in [4.78, 5) is 43.1. The molecule has 4 aromatic rings. The third-order valence-corrected chi connectivity index (χ3v) is 16.6. The summed E-state index contributed by atoms with van der Waals surface area (Å²) in [5, 5.41) is 74.4. The van der Waals surface area contributed by atoms with Gasteiger partial charge in [0.1, 0.15) is 59.8 Å². The molecule has 1 aromatic carbocycles. The number of aliphatic hydroxyl groups is 6. The SMILES string of the molecule is COc1ccc2c(c1)CC[C@@H]1[C@@H]2CC[C@@]2(C)[C@H]1CC[C@@]2(O)c1cn(C[C@@H]2O[C@H](OP(=O)(O)OP(=O)(O)OC[C@H]3O[C@@H](n4cnc5c(=O)[nH]c(N)nc54)[C@H](O)[C@@H]3O)[C@@H](O)[C@H](O)[C@@H]2O)nn1. The molecule has 3 aromatic heterocycles. The van der Waals surface area contributed by atoms with Crippen molar-refractivity contribution in [1.29, 1.82) is 0 Å². The fourth-order valence-corrected chi connectivity index (χ4v) is 12.9. The number of nitrogen functional groups attached to an aromatic ring is 1. The van der Waals surface area contributed by atoms with Crippen LogP contribution in [0.2, 0.25) is 0 Å². The van der Waals surface area contributed by atoms with Gasteiger partial charge in [-0.25, -0.2) is 18.8 Å². The molecule has 5 aliphatic rings. The Kier molecular flexibility index (Phi) is 11.7. The van der Waals surface area contributed by atoms with Crippen molar-refractivity contribution in [3.8, 4) is 5.75 Å². The summed E-state index contributed by atoms with van der Waals surface area (Å²) in [7, 11) is -9.67. The Morgan fingerprint density at radius 2 is 1.75 bits per heavy atom. The molecule has 11 N–H and O–H groups in total. The number of ether oxygens (including phenoxy) is 3. The minimum atomic E-state index is -5.73. The van der Waals surface area contributed by atoms with E-state index in [4.69, 9.17) is 29.0 Å². The number of hydrogen-bond acceptors (Lipinski definition) is 20. The van der Waals surface area contributed by atoms with Crippen LogP contribution in [-0.2, 0) is 50.5 Å². The molecule has 0 amide bonds. The predicted octanol–water partition coefficient (Wildman–Crippen LogP) is -0.577.